The number of carbonyl (C=O) groups excluding carboxylic acids is 1. The van der Waals surface area contributed by atoms with Gasteiger partial charge in [-0.1, -0.05) is 23.4 Å². The Hall–Kier alpha value is -2.89. The van der Waals surface area contributed by atoms with Crippen molar-refractivity contribution in [3.63, 3.8) is 0 Å². The van der Waals surface area contributed by atoms with E-state index in [1.807, 2.05) is 18.2 Å². The van der Waals surface area contributed by atoms with E-state index in [0.717, 1.165) is 5.69 Å². The largest absolute Gasteiger partial charge is 0.507 e. The van der Waals surface area contributed by atoms with Gasteiger partial charge in [-0.3, -0.25) is 9.78 Å². The van der Waals surface area contributed by atoms with Gasteiger partial charge in [0.1, 0.15) is 5.75 Å². The average molecular weight is 297 g/mol. The maximum atomic E-state index is 12.1. The molecular formula is C16H15N3O3. The Balaban J connectivity index is 1.57. The highest BCUT2D eigenvalue weighted by molar-refractivity contribution is 6.05. The molecule has 1 aliphatic heterocycles. The number of oxime groups is 1. The van der Waals surface area contributed by atoms with Crippen LogP contribution in [0.3, 0.4) is 0 Å². The molecule has 0 unspecified atom stereocenters. The Kier molecular flexibility index (Phi) is 4.00. The van der Waals surface area contributed by atoms with Crippen molar-refractivity contribution in [3.8, 4) is 5.75 Å². The summed E-state index contributed by atoms with van der Waals surface area (Å²) < 4.78 is 0. The summed E-state index contributed by atoms with van der Waals surface area (Å²) in [7, 11) is 0. The molecule has 1 aromatic heterocycles. The number of nitrogens with zero attached hydrogens (tertiary/aromatic N) is 2. The molecule has 0 radical (unpaired) electrons. The molecule has 1 atom stereocenters. The molecule has 2 heterocycles. The Morgan fingerprint density at radius 3 is 2.86 bits per heavy atom. The third-order valence-corrected chi connectivity index (χ3v) is 3.35. The molecule has 0 bridgehead atoms. The number of benzene rings is 1. The Morgan fingerprint density at radius 2 is 2.09 bits per heavy atom. The van der Waals surface area contributed by atoms with Gasteiger partial charge < -0.3 is 15.3 Å². The lowest BCUT2D eigenvalue weighted by Gasteiger charge is -2.09. The van der Waals surface area contributed by atoms with Crippen molar-refractivity contribution < 1.29 is 14.7 Å². The maximum Gasteiger partial charge on any atom is 0.264 e. The van der Waals surface area contributed by atoms with Crippen molar-refractivity contribution in [1.82, 2.24) is 10.3 Å². The molecule has 2 N–H and O–H groups in total. The molecule has 112 valence electrons. The quantitative estimate of drug-likeness (QED) is 0.897. The fourth-order valence-corrected chi connectivity index (χ4v) is 2.19. The van der Waals surface area contributed by atoms with Crippen LogP contribution in [0.15, 0.2) is 53.8 Å². The number of hydrogen-bond donors (Lipinski definition) is 2. The van der Waals surface area contributed by atoms with Crippen molar-refractivity contribution in [1.29, 1.82) is 0 Å². The molecule has 3 rings (SSSR count). The van der Waals surface area contributed by atoms with Crippen LogP contribution in [-0.4, -0.2) is 27.8 Å². The maximum absolute atomic E-state index is 12.1. The molecular weight excluding hydrogens is 282 g/mol. The van der Waals surface area contributed by atoms with Crippen LogP contribution in [0.5, 0.6) is 5.75 Å². The van der Waals surface area contributed by atoms with E-state index in [9.17, 15) is 9.90 Å². The molecule has 0 saturated heterocycles. The lowest BCUT2D eigenvalue weighted by molar-refractivity contribution is -0.131. The highest BCUT2D eigenvalue weighted by Gasteiger charge is 2.29. The lowest BCUT2D eigenvalue weighted by atomic mass is 10.0. The summed E-state index contributed by atoms with van der Waals surface area (Å²) in [6.07, 6.45) is 1.32. The number of aromatic nitrogens is 1. The average Bonchev–Trinajstić information content (AvgIpc) is 3.04. The van der Waals surface area contributed by atoms with Crippen LogP contribution in [0, 0.1) is 0 Å². The number of phenolic OH excluding ortho intramolecular Hbond substituents is 1. The number of para-hydroxylation sites is 1. The van der Waals surface area contributed by atoms with E-state index in [1.54, 1.807) is 30.5 Å². The van der Waals surface area contributed by atoms with Gasteiger partial charge in [-0.15, -0.1) is 0 Å². The second-order valence-corrected chi connectivity index (χ2v) is 4.89. The predicted octanol–water partition coefficient (Wildman–Crippen LogP) is 1.60. The first-order valence-electron chi connectivity index (χ1n) is 6.93. The Morgan fingerprint density at radius 1 is 1.27 bits per heavy atom. The molecule has 6 heteroatoms. The second-order valence-electron chi connectivity index (χ2n) is 4.89. The van der Waals surface area contributed by atoms with Crippen molar-refractivity contribution in [2.45, 2.75) is 19.1 Å². The van der Waals surface area contributed by atoms with Crippen molar-refractivity contribution in [2.24, 2.45) is 5.16 Å². The van der Waals surface area contributed by atoms with E-state index >= 15 is 0 Å². The van der Waals surface area contributed by atoms with E-state index in [1.165, 1.54) is 0 Å². The van der Waals surface area contributed by atoms with Crippen LogP contribution in [0.1, 0.15) is 17.7 Å². The molecule has 2 aromatic rings. The van der Waals surface area contributed by atoms with E-state index in [-0.39, 0.29) is 11.7 Å². The topological polar surface area (TPSA) is 83.8 Å². The van der Waals surface area contributed by atoms with Gasteiger partial charge in [0.2, 0.25) is 6.10 Å². The molecule has 6 nitrogen and oxygen atoms in total. The molecule has 22 heavy (non-hydrogen) atoms. The molecule has 1 aromatic carbocycles. The SMILES string of the molecule is O=C(NCc1ccccn1)[C@@H]1CC(c2ccccc2O)=NO1. The molecule has 0 aliphatic carbocycles. The first-order valence-corrected chi connectivity index (χ1v) is 6.93. The fraction of sp³-hybridized carbons (Fsp3) is 0.188. The first-order chi connectivity index (χ1) is 10.7. The minimum Gasteiger partial charge on any atom is -0.507 e. The molecule has 1 aliphatic rings. The van der Waals surface area contributed by atoms with Gasteiger partial charge in [0.25, 0.3) is 5.91 Å². The van der Waals surface area contributed by atoms with Gasteiger partial charge in [-0.25, -0.2) is 0 Å². The number of phenols is 1. The van der Waals surface area contributed by atoms with Crippen LogP contribution >= 0.6 is 0 Å². The Labute approximate surface area is 127 Å². The van der Waals surface area contributed by atoms with Gasteiger partial charge in [0, 0.05) is 18.2 Å². The predicted molar refractivity (Wildman–Crippen MR) is 80.2 cm³/mol. The third kappa shape index (κ3) is 3.06. The molecule has 0 spiro atoms. The number of nitrogens with one attached hydrogen (secondary N) is 1. The minimum atomic E-state index is -0.682. The van der Waals surface area contributed by atoms with Gasteiger partial charge in [0.15, 0.2) is 0 Å². The third-order valence-electron chi connectivity index (χ3n) is 3.35. The van der Waals surface area contributed by atoms with Crippen LogP contribution in [0.25, 0.3) is 0 Å². The van der Waals surface area contributed by atoms with Crippen LogP contribution < -0.4 is 5.32 Å². The zero-order valence-corrected chi connectivity index (χ0v) is 11.8. The highest BCUT2D eigenvalue weighted by atomic mass is 16.6. The standard InChI is InChI=1S/C16H15N3O3/c20-14-7-2-1-6-12(14)13-9-15(22-19-13)16(21)18-10-11-5-3-4-8-17-11/h1-8,15,20H,9-10H2,(H,18,21)/t15-/m0/s1. The monoisotopic (exact) mass is 297 g/mol. The second kappa shape index (κ2) is 6.26. The van der Waals surface area contributed by atoms with Gasteiger partial charge in [0.05, 0.1) is 18.0 Å². The van der Waals surface area contributed by atoms with E-state index in [4.69, 9.17) is 4.84 Å². The van der Waals surface area contributed by atoms with E-state index in [2.05, 4.69) is 15.5 Å². The molecule has 0 fully saturated rings. The molecule has 0 saturated carbocycles. The zero-order valence-electron chi connectivity index (χ0n) is 11.8. The van der Waals surface area contributed by atoms with E-state index in [0.29, 0.717) is 24.2 Å². The summed E-state index contributed by atoms with van der Waals surface area (Å²) in [5, 5.41) is 16.5. The van der Waals surface area contributed by atoms with Crippen LogP contribution in [0.4, 0.5) is 0 Å². The number of carbonyl (C=O) groups is 1. The first kappa shape index (κ1) is 14.1. The summed E-state index contributed by atoms with van der Waals surface area (Å²) in [5.41, 5.74) is 1.93. The fourth-order valence-electron chi connectivity index (χ4n) is 2.19. The molecule has 1 amide bonds. The zero-order chi connectivity index (χ0) is 15.4. The number of pyridine rings is 1. The lowest BCUT2D eigenvalue weighted by Crippen LogP contribution is -2.34. The van der Waals surface area contributed by atoms with Gasteiger partial charge in [-0.05, 0) is 24.3 Å². The highest BCUT2D eigenvalue weighted by Crippen LogP contribution is 2.23. The summed E-state index contributed by atoms with van der Waals surface area (Å²) in [4.78, 5) is 21.4. The number of amides is 1. The Bertz CT molecular complexity index is 701. The van der Waals surface area contributed by atoms with Crippen LogP contribution in [-0.2, 0) is 16.2 Å². The summed E-state index contributed by atoms with van der Waals surface area (Å²) in [6, 6.07) is 12.4. The van der Waals surface area contributed by atoms with E-state index < -0.39 is 6.10 Å². The number of rotatable bonds is 4. The normalized spacial score (nSPS) is 16.7. The van der Waals surface area contributed by atoms with Crippen LogP contribution in [0.2, 0.25) is 0 Å². The van der Waals surface area contributed by atoms with Crippen molar-refractivity contribution >= 4 is 11.6 Å². The van der Waals surface area contributed by atoms with Crippen molar-refractivity contribution in [2.75, 3.05) is 0 Å². The minimum absolute atomic E-state index is 0.124. The van der Waals surface area contributed by atoms with Gasteiger partial charge >= 0.3 is 0 Å². The summed E-state index contributed by atoms with van der Waals surface area (Å²) >= 11 is 0. The summed E-state index contributed by atoms with van der Waals surface area (Å²) in [6.45, 7) is 0.339. The smallest absolute Gasteiger partial charge is 0.264 e. The number of hydrogen-bond acceptors (Lipinski definition) is 5. The summed E-state index contributed by atoms with van der Waals surface area (Å²) in [5.74, 6) is -0.126. The number of aromatic hydroxyl groups is 1. The van der Waals surface area contributed by atoms with Crippen molar-refractivity contribution in [3.05, 3.63) is 59.9 Å². The van der Waals surface area contributed by atoms with Gasteiger partial charge in [-0.2, -0.15) is 0 Å².